The highest BCUT2D eigenvalue weighted by Crippen LogP contribution is 2.24. The third-order valence-corrected chi connectivity index (χ3v) is 5.38. The SMILES string of the molecule is Cc1ccc(NC(=O)C2CCCN(C(=O)C(Oc3ccccc3C#N)C(C)C)C2)nc1. The van der Waals surface area contributed by atoms with E-state index in [0.29, 0.717) is 36.6 Å². The van der Waals surface area contributed by atoms with Crippen LogP contribution in [0.15, 0.2) is 42.6 Å². The molecule has 1 aliphatic heterocycles. The first-order chi connectivity index (χ1) is 14.9. The third-order valence-electron chi connectivity index (χ3n) is 5.38. The summed E-state index contributed by atoms with van der Waals surface area (Å²) in [5, 5.41) is 12.2. The normalized spacial score (nSPS) is 17.0. The van der Waals surface area contributed by atoms with Gasteiger partial charge in [0, 0.05) is 19.3 Å². The van der Waals surface area contributed by atoms with Crippen molar-refractivity contribution in [3.63, 3.8) is 0 Å². The summed E-state index contributed by atoms with van der Waals surface area (Å²) in [6.07, 6.45) is 2.43. The molecule has 1 fully saturated rings. The van der Waals surface area contributed by atoms with Gasteiger partial charge in [0.05, 0.1) is 11.5 Å². The highest BCUT2D eigenvalue weighted by atomic mass is 16.5. The number of piperidine rings is 1. The maximum absolute atomic E-state index is 13.3. The minimum Gasteiger partial charge on any atom is -0.479 e. The molecule has 2 heterocycles. The van der Waals surface area contributed by atoms with Crippen molar-refractivity contribution in [2.45, 2.75) is 39.7 Å². The molecule has 0 aliphatic carbocycles. The van der Waals surface area contributed by atoms with Gasteiger partial charge in [0.25, 0.3) is 5.91 Å². The Kier molecular flexibility index (Phi) is 7.24. The predicted octanol–water partition coefficient (Wildman–Crippen LogP) is 3.54. The number of pyridine rings is 1. The van der Waals surface area contributed by atoms with Crippen molar-refractivity contribution in [3.8, 4) is 11.8 Å². The molecule has 1 N–H and O–H groups in total. The zero-order chi connectivity index (χ0) is 22.4. The average molecular weight is 421 g/mol. The summed E-state index contributed by atoms with van der Waals surface area (Å²) >= 11 is 0. The van der Waals surface area contributed by atoms with Gasteiger partial charge in [-0.15, -0.1) is 0 Å². The van der Waals surface area contributed by atoms with E-state index in [-0.39, 0.29) is 23.7 Å². The van der Waals surface area contributed by atoms with Gasteiger partial charge in [-0.2, -0.15) is 5.26 Å². The van der Waals surface area contributed by atoms with Gasteiger partial charge in [-0.1, -0.05) is 32.0 Å². The minimum absolute atomic E-state index is 0.0924. The quantitative estimate of drug-likeness (QED) is 0.771. The van der Waals surface area contributed by atoms with Crippen molar-refractivity contribution >= 4 is 17.6 Å². The third kappa shape index (κ3) is 5.60. The molecule has 2 unspecified atom stereocenters. The molecule has 0 bridgehead atoms. The van der Waals surface area contributed by atoms with Crippen LogP contribution in [0.1, 0.15) is 37.8 Å². The lowest BCUT2D eigenvalue weighted by molar-refractivity contribution is -0.143. The van der Waals surface area contributed by atoms with Gasteiger partial charge in [-0.3, -0.25) is 9.59 Å². The molecular formula is C24H28N4O3. The van der Waals surface area contributed by atoms with Crippen molar-refractivity contribution in [2.24, 2.45) is 11.8 Å². The van der Waals surface area contributed by atoms with E-state index in [1.54, 1.807) is 41.4 Å². The molecule has 1 aromatic carbocycles. The van der Waals surface area contributed by atoms with Crippen LogP contribution in [0.3, 0.4) is 0 Å². The average Bonchev–Trinajstić information content (AvgIpc) is 2.78. The summed E-state index contributed by atoms with van der Waals surface area (Å²) in [6.45, 7) is 6.68. The largest absolute Gasteiger partial charge is 0.479 e. The first kappa shape index (κ1) is 22.3. The van der Waals surface area contributed by atoms with Gasteiger partial charge in [-0.25, -0.2) is 4.98 Å². The number of aryl methyl sites for hydroxylation is 1. The second-order valence-corrected chi connectivity index (χ2v) is 8.22. The van der Waals surface area contributed by atoms with E-state index in [2.05, 4.69) is 16.4 Å². The summed E-state index contributed by atoms with van der Waals surface area (Å²) in [7, 11) is 0. The second-order valence-electron chi connectivity index (χ2n) is 8.22. The molecular weight excluding hydrogens is 392 g/mol. The van der Waals surface area contributed by atoms with Gasteiger partial charge in [0.15, 0.2) is 6.10 Å². The number of carbonyl (C=O) groups is 2. The fourth-order valence-electron chi connectivity index (χ4n) is 3.61. The van der Waals surface area contributed by atoms with Gasteiger partial charge in [0.2, 0.25) is 5.91 Å². The number of hydrogen-bond acceptors (Lipinski definition) is 5. The topological polar surface area (TPSA) is 95.3 Å². The zero-order valence-corrected chi connectivity index (χ0v) is 18.2. The predicted molar refractivity (Wildman–Crippen MR) is 117 cm³/mol. The van der Waals surface area contributed by atoms with Crippen molar-refractivity contribution in [2.75, 3.05) is 18.4 Å². The molecule has 162 valence electrons. The number of aromatic nitrogens is 1. The maximum atomic E-state index is 13.3. The van der Waals surface area contributed by atoms with Crippen LogP contribution in [0.5, 0.6) is 5.75 Å². The number of anilines is 1. The molecule has 3 rings (SSSR count). The summed E-state index contributed by atoms with van der Waals surface area (Å²) in [5.41, 5.74) is 1.41. The number of likely N-dealkylation sites (tertiary alicyclic amines) is 1. The number of ether oxygens (including phenoxy) is 1. The molecule has 1 aromatic heterocycles. The van der Waals surface area contributed by atoms with Crippen LogP contribution < -0.4 is 10.1 Å². The fourth-order valence-corrected chi connectivity index (χ4v) is 3.61. The lowest BCUT2D eigenvalue weighted by Gasteiger charge is -2.35. The standard InChI is InChI=1S/C24H28N4O3/c1-16(2)22(31-20-9-5-4-7-18(20)13-25)24(30)28-12-6-8-19(15-28)23(29)27-21-11-10-17(3)14-26-21/h4-5,7,9-11,14,16,19,22H,6,8,12,15H2,1-3H3,(H,26,27,29). The molecule has 2 aromatic rings. The molecule has 2 atom stereocenters. The lowest BCUT2D eigenvalue weighted by atomic mass is 9.95. The number of para-hydroxylation sites is 1. The number of nitrogens with one attached hydrogen (secondary N) is 1. The summed E-state index contributed by atoms with van der Waals surface area (Å²) in [6, 6.07) is 12.7. The minimum atomic E-state index is -0.727. The molecule has 1 aliphatic rings. The number of carbonyl (C=O) groups excluding carboxylic acids is 2. The van der Waals surface area contributed by atoms with Crippen LogP contribution in [0.25, 0.3) is 0 Å². The number of nitrogens with zero attached hydrogens (tertiary/aromatic N) is 3. The molecule has 31 heavy (non-hydrogen) atoms. The zero-order valence-electron chi connectivity index (χ0n) is 18.2. The van der Waals surface area contributed by atoms with Gasteiger partial charge >= 0.3 is 0 Å². The summed E-state index contributed by atoms with van der Waals surface area (Å²) < 4.78 is 5.99. The Labute approximate surface area is 183 Å². The molecule has 1 saturated heterocycles. The molecule has 0 spiro atoms. The van der Waals surface area contributed by atoms with E-state index in [1.165, 1.54) is 0 Å². The lowest BCUT2D eigenvalue weighted by Crippen LogP contribution is -2.50. The molecule has 2 amide bonds. The van der Waals surface area contributed by atoms with Crippen LogP contribution in [-0.4, -0.2) is 40.9 Å². The fraction of sp³-hybridized carbons (Fsp3) is 0.417. The smallest absolute Gasteiger partial charge is 0.263 e. The number of amides is 2. The molecule has 7 heteroatoms. The Morgan fingerprint density at radius 2 is 2.03 bits per heavy atom. The number of nitriles is 1. The first-order valence-electron chi connectivity index (χ1n) is 10.6. The van der Waals surface area contributed by atoms with Gasteiger partial charge in [0.1, 0.15) is 17.6 Å². The van der Waals surface area contributed by atoms with E-state index < -0.39 is 6.10 Å². The molecule has 0 saturated carbocycles. The highest BCUT2D eigenvalue weighted by molar-refractivity contribution is 5.92. The Hall–Kier alpha value is -3.40. The van der Waals surface area contributed by atoms with E-state index in [0.717, 1.165) is 12.0 Å². The second kappa shape index (κ2) is 10.1. The van der Waals surface area contributed by atoms with Crippen LogP contribution in [-0.2, 0) is 9.59 Å². The Morgan fingerprint density at radius 3 is 2.71 bits per heavy atom. The Balaban J connectivity index is 1.68. The number of rotatable bonds is 6. The van der Waals surface area contributed by atoms with Crippen molar-refractivity contribution in [3.05, 3.63) is 53.7 Å². The van der Waals surface area contributed by atoms with E-state index in [9.17, 15) is 14.9 Å². The van der Waals surface area contributed by atoms with Crippen LogP contribution in [0.2, 0.25) is 0 Å². The van der Waals surface area contributed by atoms with E-state index in [1.807, 2.05) is 26.8 Å². The van der Waals surface area contributed by atoms with Gasteiger partial charge < -0.3 is 15.0 Å². The van der Waals surface area contributed by atoms with Gasteiger partial charge in [-0.05, 0) is 49.4 Å². The van der Waals surface area contributed by atoms with Crippen LogP contribution in [0, 0.1) is 30.1 Å². The monoisotopic (exact) mass is 420 g/mol. The Morgan fingerprint density at radius 1 is 1.26 bits per heavy atom. The Bertz CT molecular complexity index is 966. The molecule has 0 radical (unpaired) electrons. The number of hydrogen-bond donors (Lipinski definition) is 1. The van der Waals surface area contributed by atoms with E-state index >= 15 is 0 Å². The van der Waals surface area contributed by atoms with Crippen LogP contribution >= 0.6 is 0 Å². The first-order valence-corrected chi connectivity index (χ1v) is 10.6. The number of benzene rings is 1. The van der Waals surface area contributed by atoms with Crippen molar-refractivity contribution in [1.82, 2.24) is 9.88 Å². The van der Waals surface area contributed by atoms with Crippen LogP contribution in [0.4, 0.5) is 5.82 Å². The summed E-state index contributed by atoms with van der Waals surface area (Å²) in [5.74, 6) is 0.217. The maximum Gasteiger partial charge on any atom is 0.263 e. The van der Waals surface area contributed by atoms with E-state index in [4.69, 9.17) is 4.74 Å². The molecule has 7 nitrogen and oxygen atoms in total. The highest BCUT2D eigenvalue weighted by Gasteiger charge is 2.34. The summed E-state index contributed by atoms with van der Waals surface area (Å²) in [4.78, 5) is 32.0. The van der Waals surface area contributed by atoms with Crippen molar-refractivity contribution in [1.29, 1.82) is 5.26 Å². The van der Waals surface area contributed by atoms with Crippen molar-refractivity contribution < 1.29 is 14.3 Å².